The van der Waals surface area contributed by atoms with Crippen molar-refractivity contribution in [2.45, 2.75) is 12.5 Å². The second kappa shape index (κ2) is 4.99. The SMILES string of the molecule is NC(=O)C[C@H](NC(=O)O)c1ccccc1. The molecule has 1 rings (SSSR count). The number of hydrogen-bond donors (Lipinski definition) is 3. The molecule has 0 spiro atoms. The molecule has 1 atom stereocenters. The van der Waals surface area contributed by atoms with Crippen LogP contribution < -0.4 is 11.1 Å². The van der Waals surface area contributed by atoms with Crippen LogP contribution in [0.1, 0.15) is 18.0 Å². The molecule has 80 valence electrons. The van der Waals surface area contributed by atoms with E-state index in [0.717, 1.165) is 5.56 Å². The minimum absolute atomic E-state index is 0.0453. The Morgan fingerprint density at radius 3 is 2.40 bits per heavy atom. The fourth-order valence-electron chi connectivity index (χ4n) is 1.29. The molecule has 15 heavy (non-hydrogen) atoms. The molecule has 5 nitrogen and oxygen atoms in total. The van der Waals surface area contributed by atoms with Crippen molar-refractivity contribution in [2.24, 2.45) is 5.73 Å². The lowest BCUT2D eigenvalue weighted by Crippen LogP contribution is -2.30. The van der Waals surface area contributed by atoms with Gasteiger partial charge < -0.3 is 16.2 Å². The molecule has 0 saturated heterocycles. The molecule has 0 fully saturated rings. The number of rotatable bonds is 4. The Kier molecular flexibility index (Phi) is 3.68. The lowest BCUT2D eigenvalue weighted by Gasteiger charge is -2.15. The van der Waals surface area contributed by atoms with Gasteiger partial charge in [0.15, 0.2) is 0 Å². The first kappa shape index (κ1) is 11.0. The van der Waals surface area contributed by atoms with E-state index in [1.165, 1.54) is 0 Å². The third-order valence-electron chi connectivity index (χ3n) is 1.90. The lowest BCUT2D eigenvalue weighted by molar-refractivity contribution is -0.118. The first-order chi connectivity index (χ1) is 7.09. The molecule has 5 heteroatoms. The Morgan fingerprint density at radius 1 is 1.33 bits per heavy atom. The predicted octanol–water partition coefficient (Wildman–Crippen LogP) is 0.871. The summed E-state index contributed by atoms with van der Waals surface area (Å²) >= 11 is 0. The zero-order valence-electron chi connectivity index (χ0n) is 8.01. The van der Waals surface area contributed by atoms with Crippen LogP contribution in [0.25, 0.3) is 0 Å². The second-order valence-corrected chi connectivity index (χ2v) is 3.08. The highest BCUT2D eigenvalue weighted by Gasteiger charge is 2.15. The number of hydrogen-bond acceptors (Lipinski definition) is 2. The van der Waals surface area contributed by atoms with E-state index in [0.29, 0.717) is 0 Å². The standard InChI is InChI=1S/C10H12N2O3/c11-9(13)6-8(12-10(14)15)7-4-2-1-3-5-7/h1-5,8,12H,6H2,(H2,11,13)(H,14,15)/t8-/m0/s1. The third-order valence-corrected chi connectivity index (χ3v) is 1.90. The molecule has 0 heterocycles. The highest BCUT2D eigenvalue weighted by Crippen LogP contribution is 2.15. The molecule has 0 aliphatic rings. The maximum Gasteiger partial charge on any atom is 0.405 e. The van der Waals surface area contributed by atoms with E-state index in [2.05, 4.69) is 5.32 Å². The molecular weight excluding hydrogens is 196 g/mol. The maximum absolute atomic E-state index is 10.8. The molecule has 0 saturated carbocycles. The highest BCUT2D eigenvalue weighted by molar-refractivity contribution is 5.76. The number of benzene rings is 1. The van der Waals surface area contributed by atoms with Crippen molar-refractivity contribution < 1.29 is 14.7 Å². The first-order valence-corrected chi connectivity index (χ1v) is 4.42. The number of nitrogens with two attached hydrogens (primary N) is 1. The number of carboxylic acid groups (broad SMARTS) is 1. The summed E-state index contributed by atoms with van der Waals surface area (Å²) in [5, 5.41) is 10.8. The summed E-state index contributed by atoms with van der Waals surface area (Å²) in [6, 6.07) is 8.25. The monoisotopic (exact) mass is 208 g/mol. The van der Waals surface area contributed by atoms with E-state index in [1.54, 1.807) is 24.3 Å². The van der Waals surface area contributed by atoms with E-state index in [-0.39, 0.29) is 6.42 Å². The van der Waals surface area contributed by atoms with Crippen molar-refractivity contribution in [1.29, 1.82) is 0 Å². The van der Waals surface area contributed by atoms with Crippen molar-refractivity contribution in [3.05, 3.63) is 35.9 Å². The number of primary amides is 1. The minimum atomic E-state index is -1.18. The van der Waals surface area contributed by atoms with E-state index < -0.39 is 18.0 Å². The van der Waals surface area contributed by atoms with Crippen LogP contribution in [0, 0.1) is 0 Å². The topological polar surface area (TPSA) is 92.4 Å². The van der Waals surface area contributed by atoms with Gasteiger partial charge in [-0.2, -0.15) is 0 Å². The molecule has 0 bridgehead atoms. The zero-order chi connectivity index (χ0) is 11.3. The summed E-state index contributed by atoms with van der Waals surface area (Å²) in [5.41, 5.74) is 5.76. The van der Waals surface area contributed by atoms with Crippen LogP contribution >= 0.6 is 0 Å². The normalized spacial score (nSPS) is 11.7. The Labute approximate surface area is 86.9 Å². The third kappa shape index (κ3) is 3.68. The van der Waals surface area contributed by atoms with Gasteiger partial charge in [-0.1, -0.05) is 30.3 Å². The molecule has 2 amide bonds. The number of amides is 2. The molecule has 0 aromatic heterocycles. The van der Waals surface area contributed by atoms with Gasteiger partial charge in [-0.25, -0.2) is 4.79 Å². The Balaban J connectivity index is 2.81. The van der Waals surface area contributed by atoms with E-state index in [4.69, 9.17) is 10.8 Å². The second-order valence-electron chi connectivity index (χ2n) is 3.08. The number of nitrogens with one attached hydrogen (secondary N) is 1. The van der Waals surface area contributed by atoms with E-state index >= 15 is 0 Å². The fourth-order valence-corrected chi connectivity index (χ4v) is 1.29. The molecule has 0 aliphatic carbocycles. The predicted molar refractivity (Wildman–Crippen MR) is 54.2 cm³/mol. The van der Waals surface area contributed by atoms with Crippen LogP contribution in [0.5, 0.6) is 0 Å². The van der Waals surface area contributed by atoms with Crippen LogP contribution in [-0.2, 0) is 4.79 Å². The van der Waals surface area contributed by atoms with Crippen LogP contribution in [0.4, 0.5) is 4.79 Å². The van der Waals surface area contributed by atoms with Crippen LogP contribution in [-0.4, -0.2) is 17.1 Å². The van der Waals surface area contributed by atoms with Crippen molar-refractivity contribution in [3.8, 4) is 0 Å². The molecule has 0 radical (unpaired) electrons. The van der Waals surface area contributed by atoms with Crippen LogP contribution in [0.15, 0.2) is 30.3 Å². The molecule has 4 N–H and O–H groups in total. The average Bonchev–Trinajstić information content (AvgIpc) is 2.17. The van der Waals surface area contributed by atoms with Gasteiger partial charge in [-0.3, -0.25) is 4.79 Å². The highest BCUT2D eigenvalue weighted by atomic mass is 16.4. The number of carbonyl (C=O) groups is 2. The molecule has 0 unspecified atom stereocenters. The molecule has 0 aliphatic heterocycles. The van der Waals surface area contributed by atoms with E-state index in [1.807, 2.05) is 6.07 Å². The van der Waals surface area contributed by atoms with Gasteiger partial charge in [-0.15, -0.1) is 0 Å². The summed E-state index contributed by atoms with van der Waals surface area (Å²) in [6.45, 7) is 0. The van der Waals surface area contributed by atoms with Gasteiger partial charge in [0.05, 0.1) is 12.5 Å². The zero-order valence-corrected chi connectivity index (χ0v) is 8.01. The van der Waals surface area contributed by atoms with Crippen molar-refractivity contribution in [2.75, 3.05) is 0 Å². The lowest BCUT2D eigenvalue weighted by atomic mass is 10.0. The largest absolute Gasteiger partial charge is 0.465 e. The summed E-state index contributed by atoms with van der Waals surface area (Å²) in [6.07, 6.45) is -1.22. The number of carbonyl (C=O) groups excluding carboxylic acids is 1. The first-order valence-electron chi connectivity index (χ1n) is 4.42. The Morgan fingerprint density at radius 2 is 1.93 bits per heavy atom. The van der Waals surface area contributed by atoms with Crippen LogP contribution in [0.2, 0.25) is 0 Å². The average molecular weight is 208 g/mol. The molecular formula is C10H12N2O3. The van der Waals surface area contributed by atoms with Gasteiger partial charge >= 0.3 is 6.09 Å². The van der Waals surface area contributed by atoms with Gasteiger partial charge in [0, 0.05) is 0 Å². The van der Waals surface area contributed by atoms with E-state index in [9.17, 15) is 9.59 Å². The van der Waals surface area contributed by atoms with Gasteiger partial charge in [0.1, 0.15) is 0 Å². The van der Waals surface area contributed by atoms with Gasteiger partial charge in [0.25, 0.3) is 0 Å². The molecule has 1 aromatic rings. The maximum atomic E-state index is 10.8. The Bertz CT molecular complexity index is 335. The van der Waals surface area contributed by atoms with Crippen molar-refractivity contribution >= 4 is 12.0 Å². The smallest absolute Gasteiger partial charge is 0.405 e. The van der Waals surface area contributed by atoms with Crippen molar-refractivity contribution in [3.63, 3.8) is 0 Å². The van der Waals surface area contributed by atoms with Gasteiger partial charge in [0.2, 0.25) is 5.91 Å². The molecule has 1 aromatic carbocycles. The summed E-state index contributed by atoms with van der Waals surface area (Å²) in [4.78, 5) is 21.3. The quantitative estimate of drug-likeness (QED) is 0.685. The van der Waals surface area contributed by atoms with Crippen LogP contribution in [0.3, 0.4) is 0 Å². The van der Waals surface area contributed by atoms with Gasteiger partial charge in [-0.05, 0) is 5.56 Å². The summed E-state index contributed by atoms with van der Waals surface area (Å²) in [5.74, 6) is -0.544. The van der Waals surface area contributed by atoms with Crippen molar-refractivity contribution in [1.82, 2.24) is 5.32 Å². The summed E-state index contributed by atoms with van der Waals surface area (Å²) in [7, 11) is 0. The summed E-state index contributed by atoms with van der Waals surface area (Å²) < 4.78 is 0. The minimum Gasteiger partial charge on any atom is -0.465 e. The fraction of sp³-hybridized carbons (Fsp3) is 0.200. The Hall–Kier alpha value is -2.04.